The average molecular weight is 230 g/mol. The highest BCUT2D eigenvalue weighted by Gasteiger charge is 2.12. The maximum Gasteiger partial charge on any atom is 0.116 e. The Morgan fingerprint density at radius 1 is 1.53 bits per heavy atom. The Bertz CT molecular complexity index is 531. The van der Waals surface area contributed by atoms with E-state index in [1.165, 1.54) is 6.33 Å². The monoisotopic (exact) mass is 230 g/mol. The van der Waals surface area contributed by atoms with Gasteiger partial charge in [0, 0.05) is 25.0 Å². The van der Waals surface area contributed by atoms with Crippen LogP contribution in [0.5, 0.6) is 0 Å². The van der Waals surface area contributed by atoms with E-state index in [4.69, 9.17) is 5.11 Å². The third-order valence-corrected chi connectivity index (χ3v) is 2.46. The summed E-state index contributed by atoms with van der Waals surface area (Å²) in [6.45, 7) is 1.93. The SMILES string of the molecule is C/C(=C\CO)c1nn(C)cc1-c1ccncn1. The van der Waals surface area contributed by atoms with Crippen LogP contribution < -0.4 is 0 Å². The van der Waals surface area contributed by atoms with Gasteiger partial charge in [0.15, 0.2) is 0 Å². The highest BCUT2D eigenvalue weighted by atomic mass is 16.2. The van der Waals surface area contributed by atoms with E-state index in [9.17, 15) is 0 Å². The molecule has 0 aliphatic rings. The first-order valence-corrected chi connectivity index (χ1v) is 5.30. The van der Waals surface area contributed by atoms with Gasteiger partial charge in [0.1, 0.15) is 6.33 Å². The molecule has 0 aliphatic carbocycles. The van der Waals surface area contributed by atoms with Gasteiger partial charge in [0.05, 0.1) is 18.0 Å². The van der Waals surface area contributed by atoms with E-state index >= 15 is 0 Å². The van der Waals surface area contributed by atoms with E-state index in [0.29, 0.717) is 0 Å². The lowest BCUT2D eigenvalue weighted by atomic mass is 10.1. The Morgan fingerprint density at radius 2 is 2.35 bits per heavy atom. The highest BCUT2D eigenvalue weighted by Crippen LogP contribution is 2.25. The molecule has 0 aromatic carbocycles. The number of rotatable bonds is 3. The second-order valence-electron chi connectivity index (χ2n) is 3.73. The maximum absolute atomic E-state index is 8.93. The smallest absolute Gasteiger partial charge is 0.116 e. The zero-order valence-corrected chi connectivity index (χ0v) is 9.83. The number of hydrogen-bond acceptors (Lipinski definition) is 4. The van der Waals surface area contributed by atoms with Crippen LogP contribution in [-0.2, 0) is 7.05 Å². The van der Waals surface area contributed by atoms with Crippen molar-refractivity contribution in [2.24, 2.45) is 7.05 Å². The standard InChI is InChI=1S/C12H14N4O/c1-9(4-6-17)12-10(7-16(2)15-12)11-3-5-13-8-14-11/h3-5,7-8,17H,6H2,1-2H3/b9-4+. The molecule has 2 heterocycles. The third kappa shape index (κ3) is 2.39. The van der Waals surface area contributed by atoms with Crippen LogP contribution in [0.1, 0.15) is 12.6 Å². The molecule has 2 aromatic heterocycles. The highest BCUT2D eigenvalue weighted by molar-refractivity contribution is 5.76. The van der Waals surface area contributed by atoms with Crippen LogP contribution in [0.4, 0.5) is 0 Å². The fourth-order valence-corrected chi connectivity index (χ4v) is 1.65. The summed E-state index contributed by atoms with van der Waals surface area (Å²) in [5.74, 6) is 0. The van der Waals surface area contributed by atoms with Crippen LogP contribution in [0.15, 0.2) is 30.9 Å². The minimum atomic E-state index is 0.00558. The normalized spacial score (nSPS) is 11.8. The molecule has 0 aliphatic heterocycles. The van der Waals surface area contributed by atoms with Gasteiger partial charge in [0.2, 0.25) is 0 Å². The van der Waals surface area contributed by atoms with Crippen LogP contribution in [-0.4, -0.2) is 31.5 Å². The van der Waals surface area contributed by atoms with Crippen molar-refractivity contribution in [2.45, 2.75) is 6.92 Å². The molecule has 1 N–H and O–H groups in total. The number of aliphatic hydroxyl groups excluding tert-OH is 1. The Kier molecular flexibility index (Phi) is 3.30. The molecular formula is C12H14N4O. The number of aromatic nitrogens is 4. The van der Waals surface area contributed by atoms with Gasteiger partial charge in [-0.1, -0.05) is 6.08 Å². The van der Waals surface area contributed by atoms with E-state index in [1.807, 2.05) is 26.2 Å². The number of aryl methyl sites for hydroxylation is 1. The van der Waals surface area contributed by atoms with Crippen molar-refractivity contribution in [1.82, 2.24) is 19.7 Å². The van der Waals surface area contributed by atoms with Crippen molar-refractivity contribution in [2.75, 3.05) is 6.61 Å². The summed E-state index contributed by atoms with van der Waals surface area (Å²) >= 11 is 0. The van der Waals surface area contributed by atoms with Gasteiger partial charge < -0.3 is 5.11 Å². The Hall–Kier alpha value is -2.01. The van der Waals surface area contributed by atoms with Crippen molar-refractivity contribution in [1.29, 1.82) is 0 Å². The first-order chi connectivity index (χ1) is 8.22. The Morgan fingerprint density at radius 3 is 3.00 bits per heavy atom. The molecule has 17 heavy (non-hydrogen) atoms. The van der Waals surface area contributed by atoms with Gasteiger partial charge in [-0.2, -0.15) is 5.10 Å². The predicted molar refractivity (Wildman–Crippen MR) is 65.0 cm³/mol. The largest absolute Gasteiger partial charge is 0.392 e. The van der Waals surface area contributed by atoms with Crippen LogP contribution in [0.25, 0.3) is 16.8 Å². The zero-order valence-electron chi connectivity index (χ0n) is 9.83. The molecule has 2 rings (SSSR count). The van der Waals surface area contributed by atoms with Crippen LogP contribution in [0.2, 0.25) is 0 Å². The second-order valence-corrected chi connectivity index (χ2v) is 3.73. The fraction of sp³-hybridized carbons (Fsp3) is 0.250. The molecular weight excluding hydrogens is 216 g/mol. The van der Waals surface area contributed by atoms with Crippen molar-refractivity contribution >= 4 is 5.57 Å². The topological polar surface area (TPSA) is 63.8 Å². The van der Waals surface area contributed by atoms with Crippen LogP contribution in [0, 0.1) is 0 Å². The van der Waals surface area contributed by atoms with E-state index < -0.39 is 0 Å². The van der Waals surface area contributed by atoms with Gasteiger partial charge in [0.25, 0.3) is 0 Å². The summed E-state index contributed by atoms with van der Waals surface area (Å²) in [4.78, 5) is 8.11. The summed E-state index contributed by atoms with van der Waals surface area (Å²) in [7, 11) is 1.86. The van der Waals surface area contributed by atoms with Crippen molar-refractivity contribution in [3.63, 3.8) is 0 Å². The molecule has 0 bridgehead atoms. The number of allylic oxidation sites excluding steroid dienone is 1. The number of hydrogen-bond donors (Lipinski definition) is 1. The molecule has 0 fully saturated rings. The average Bonchev–Trinajstić information content (AvgIpc) is 2.73. The van der Waals surface area contributed by atoms with E-state index in [1.54, 1.807) is 17.0 Å². The number of nitrogens with zero attached hydrogens (tertiary/aromatic N) is 4. The summed E-state index contributed by atoms with van der Waals surface area (Å²) in [5.41, 5.74) is 3.54. The first-order valence-electron chi connectivity index (χ1n) is 5.30. The van der Waals surface area contributed by atoms with Crippen LogP contribution in [0.3, 0.4) is 0 Å². The van der Waals surface area contributed by atoms with Crippen molar-refractivity contribution < 1.29 is 5.11 Å². The molecule has 5 heteroatoms. The Labute approximate surface area is 99.5 Å². The van der Waals surface area contributed by atoms with Gasteiger partial charge in [-0.15, -0.1) is 0 Å². The predicted octanol–water partition coefficient (Wildman–Crippen LogP) is 1.27. The second kappa shape index (κ2) is 4.88. The summed E-state index contributed by atoms with van der Waals surface area (Å²) in [5, 5.41) is 13.3. The van der Waals surface area contributed by atoms with Gasteiger partial charge in [-0.05, 0) is 18.6 Å². The minimum Gasteiger partial charge on any atom is -0.392 e. The lowest BCUT2D eigenvalue weighted by Gasteiger charge is -2.01. The summed E-state index contributed by atoms with van der Waals surface area (Å²) in [6.07, 6.45) is 6.85. The van der Waals surface area contributed by atoms with Crippen molar-refractivity contribution in [3.8, 4) is 11.3 Å². The lowest BCUT2D eigenvalue weighted by molar-refractivity contribution is 0.343. The van der Waals surface area contributed by atoms with Gasteiger partial charge >= 0.3 is 0 Å². The van der Waals surface area contributed by atoms with E-state index in [-0.39, 0.29) is 6.61 Å². The molecule has 0 atom stereocenters. The van der Waals surface area contributed by atoms with Gasteiger partial charge in [-0.25, -0.2) is 9.97 Å². The molecule has 0 unspecified atom stereocenters. The molecule has 2 aromatic rings. The molecule has 0 saturated heterocycles. The summed E-state index contributed by atoms with van der Waals surface area (Å²) < 4.78 is 1.74. The third-order valence-electron chi connectivity index (χ3n) is 2.46. The van der Waals surface area contributed by atoms with E-state index in [2.05, 4.69) is 15.1 Å². The van der Waals surface area contributed by atoms with E-state index in [0.717, 1.165) is 22.5 Å². The zero-order chi connectivity index (χ0) is 12.3. The Balaban J connectivity index is 2.52. The first kappa shape index (κ1) is 11.5. The quantitative estimate of drug-likeness (QED) is 0.862. The lowest BCUT2D eigenvalue weighted by Crippen LogP contribution is -1.91. The number of aliphatic hydroxyl groups is 1. The summed E-state index contributed by atoms with van der Waals surface area (Å²) in [6, 6.07) is 1.84. The molecule has 5 nitrogen and oxygen atoms in total. The molecule has 0 radical (unpaired) electrons. The minimum absolute atomic E-state index is 0.00558. The molecule has 0 saturated carbocycles. The van der Waals surface area contributed by atoms with Crippen LogP contribution >= 0.6 is 0 Å². The molecule has 0 amide bonds. The van der Waals surface area contributed by atoms with Gasteiger partial charge in [-0.3, -0.25) is 4.68 Å². The maximum atomic E-state index is 8.93. The molecule has 88 valence electrons. The fourth-order valence-electron chi connectivity index (χ4n) is 1.65. The van der Waals surface area contributed by atoms with Crippen molar-refractivity contribution in [3.05, 3.63) is 36.6 Å². The molecule has 0 spiro atoms.